The van der Waals surface area contributed by atoms with E-state index in [-0.39, 0.29) is 35.5 Å². The van der Waals surface area contributed by atoms with Gasteiger partial charge in [-0.15, -0.1) is 0 Å². The molecule has 4 saturated heterocycles. The summed E-state index contributed by atoms with van der Waals surface area (Å²) in [5, 5.41) is 13.6. The van der Waals surface area contributed by atoms with Crippen LogP contribution in [0.5, 0.6) is 0 Å². The number of para-hydroxylation sites is 1. The minimum Gasteiger partial charge on any atom is -0.382 e. The first-order chi connectivity index (χ1) is 30.1. The second kappa shape index (κ2) is 22.4. The van der Waals surface area contributed by atoms with Crippen LogP contribution in [0.2, 0.25) is 0 Å². The Balaban J connectivity index is 0.000000186. The summed E-state index contributed by atoms with van der Waals surface area (Å²) >= 11 is 0. The van der Waals surface area contributed by atoms with Gasteiger partial charge in [0.05, 0.1) is 18.5 Å². The summed E-state index contributed by atoms with van der Waals surface area (Å²) in [7, 11) is 0. The number of anilines is 2. The number of piperidine rings is 2. The number of likely N-dealkylation sites (tertiary alicyclic amines) is 2. The topological polar surface area (TPSA) is 108 Å². The molecule has 0 unspecified atom stereocenters. The van der Waals surface area contributed by atoms with Crippen molar-refractivity contribution in [3.63, 3.8) is 0 Å². The van der Waals surface area contributed by atoms with Crippen LogP contribution >= 0.6 is 0 Å². The van der Waals surface area contributed by atoms with Crippen LogP contribution in [0.3, 0.4) is 0 Å². The summed E-state index contributed by atoms with van der Waals surface area (Å²) in [6, 6.07) is 27.4. The lowest BCUT2D eigenvalue weighted by molar-refractivity contribution is -0.132. The number of amides is 2. The maximum atomic E-state index is 13.8. The lowest BCUT2D eigenvalue weighted by atomic mass is 10.0. The standard InChI is InChI=1S/C25H33FN4O.C24H32FN5O/c1-19-17-29(15-12-27-19)18-21-8-6-20(7-9-21)16-25(31)30-13-10-22(11-14-30)28-24-5-3-2-4-23(24)26;1-18-16-29(12-9-26-18)17-19-5-6-22(27-15-19)14-24(31)30-10-7-21(8-11-30)28-23-4-2-3-20(25)13-23/h2-9,19,22,27-28H,10-18H2,1H3;2-6,13,15,18,21,26,28H,7-12,14,16-17H2,1H3/t19-;18-/m10/s1. The predicted octanol–water partition coefficient (Wildman–Crippen LogP) is 5.93. The largest absolute Gasteiger partial charge is 0.382 e. The summed E-state index contributed by atoms with van der Waals surface area (Å²) in [6.07, 6.45) is 6.08. The molecule has 4 aliphatic heterocycles. The van der Waals surface area contributed by atoms with Gasteiger partial charge in [0.15, 0.2) is 0 Å². The van der Waals surface area contributed by atoms with Crippen LogP contribution in [0, 0.1) is 11.6 Å². The first kappa shape index (κ1) is 45.1. The Morgan fingerprint density at radius 3 is 1.79 bits per heavy atom. The highest BCUT2D eigenvalue weighted by Crippen LogP contribution is 2.21. The predicted molar refractivity (Wildman–Crippen MR) is 243 cm³/mol. The molecule has 4 fully saturated rings. The molecule has 2 amide bonds. The van der Waals surface area contributed by atoms with Crippen molar-refractivity contribution in [1.82, 2.24) is 35.2 Å². The SMILES string of the molecule is C[C@@H]1CN(Cc2ccc(CC(=O)N3CCC(Nc4ccccc4F)CC3)cc2)CCN1.C[C@H]1CN(Cc2ccc(CC(=O)N3CCC(Nc4cccc(F)c4)CC3)nc2)CCN1. The van der Waals surface area contributed by atoms with Crippen molar-refractivity contribution in [1.29, 1.82) is 0 Å². The zero-order valence-corrected chi connectivity index (χ0v) is 36.5. The van der Waals surface area contributed by atoms with E-state index in [1.54, 1.807) is 18.2 Å². The van der Waals surface area contributed by atoms with Gasteiger partial charge < -0.3 is 31.1 Å². The van der Waals surface area contributed by atoms with Crippen LogP contribution in [0.15, 0.2) is 91.1 Å². The van der Waals surface area contributed by atoms with Crippen molar-refractivity contribution in [3.8, 4) is 0 Å². The van der Waals surface area contributed by atoms with E-state index in [1.807, 2.05) is 34.2 Å². The van der Waals surface area contributed by atoms with E-state index in [0.29, 0.717) is 56.8 Å². The van der Waals surface area contributed by atoms with Crippen molar-refractivity contribution in [2.75, 3.05) is 76.1 Å². The number of carbonyl (C=O) groups excluding carboxylic acids is 2. The van der Waals surface area contributed by atoms with E-state index in [9.17, 15) is 18.4 Å². The van der Waals surface area contributed by atoms with Gasteiger partial charge in [-0.2, -0.15) is 0 Å². The molecule has 0 aliphatic carbocycles. The van der Waals surface area contributed by atoms with Crippen LogP contribution in [0.4, 0.5) is 20.2 Å². The Morgan fingerprint density at radius 2 is 1.21 bits per heavy atom. The zero-order valence-electron chi connectivity index (χ0n) is 36.5. The number of nitrogens with one attached hydrogen (secondary N) is 4. The molecule has 0 radical (unpaired) electrons. The molecular weight excluding hydrogens is 785 g/mol. The monoisotopic (exact) mass is 850 g/mol. The van der Waals surface area contributed by atoms with Crippen molar-refractivity contribution in [2.24, 2.45) is 0 Å². The van der Waals surface area contributed by atoms with E-state index >= 15 is 0 Å². The molecule has 0 spiro atoms. The van der Waals surface area contributed by atoms with Gasteiger partial charge in [-0.1, -0.05) is 48.5 Å². The molecular formula is C49H65F2N9O2. The van der Waals surface area contributed by atoms with Gasteiger partial charge in [-0.05, 0) is 92.6 Å². The highest BCUT2D eigenvalue weighted by atomic mass is 19.1. The number of rotatable bonds is 12. The first-order valence-electron chi connectivity index (χ1n) is 22.6. The molecule has 4 aromatic rings. The van der Waals surface area contributed by atoms with Gasteiger partial charge in [0, 0.05) is 120 Å². The van der Waals surface area contributed by atoms with Crippen LogP contribution < -0.4 is 21.3 Å². The maximum Gasteiger partial charge on any atom is 0.228 e. The molecule has 2 atom stereocenters. The summed E-state index contributed by atoms with van der Waals surface area (Å²) in [6.45, 7) is 15.5. The average molecular weight is 850 g/mol. The third-order valence-corrected chi connectivity index (χ3v) is 12.4. The summed E-state index contributed by atoms with van der Waals surface area (Å²) in [5.74, 6) is -0.164. The molecule has 3 aromatic carbocycles. The highest BCUT2D eigenvalue weighted by Gasteiger charge is 2.25. The maximum absolute atomic E-state index is 13.8. The summed E-state index contributed by atoms with van der Waals surface area (Å²) in [4.78, 5) is 38.8. The van der Waals surface area contributed by atoms with Crippen LogP contribution in [-0.2, 0) is 35.5 Å². The number of halogens is 2. The number of aromatic nitrogens is 1. The molecule has 1 aromatic heterocycles. The number of hydrogen-bond acceptors (Lipinski definition) is 9. The Bertz CT molecular complexity index is 2020. The first-order valence-corrected chi connectivity index (χ1v) is 22.6. The second-order valence-corrected chi connectivity index (χ2v) is 17.6. The van der Waals surface area contributed by atoms with Gasteiger partial charge in [-0.3, -0.25) is 24.4 Å². The molecule has 5 heterocycles. The number of nitrogens with zero attached hydrogens (tertiary/aromatic N) is 5. The van der Waals surface area contributed by atoms with E-state index in [1.165, 1.54) is 29.3 Å². The molecule has 332 valence electrons. The van der Waals surface area contributed by atoms with Crippen molar-refractivity contribution < 1.29 is 18.4 Å². The van der Waals surface area contributed by atoms with Gasteiger partial charge >= 0.3 is 0 Å². The van der Waals surface area contributed by atoms with Gasteiger partial charge in [-0.25, -0.2) is 8.78 Å². The Labute approximate surface area is 366 Å². The third-order valence-electron chi connectivity index (χ3n) is 12.4. The minimum atomic E-state index is -0.237. The average Bonchev–Trinajstić information content (AvgIpc) is 3.27. The number of hydrogen-bond donors (Lipinski definition) is 4. The molecule has 4 aliphatic rings. The Morgan fingerprint density at radius 1 is 0.645 bits per heavy atom. The van der Waals surface area contributed by atoms with Gasteiger partial charge in [0.2, 0.25) is 11.8 Å². The fourth-order valence-electron chi connectivity index (χ4n) is 8.96. The normalized spacial score (nSPS) is 20.6. The summed E-state index contributed by atoms with van der Waals surface area (Å²) in [5.41, 5.74) is 5.71. The number of benzene rings is 3. The quantitative estimate of drug-likeness (QED) is 0.138. The second-order valence-electron chi connectivity index (χ2n) is 17.6. The number of carbonyl (C=O) groups is 2. The molecule has 62 heavy (non-hydrogen) atoms. The molecule has 0 saturated carbocycles. The number of pyridine rings is 1. The highest BCUT2D eigenvalue weighted by molar-refractivity contribution is 5.79. The summed E-state index contributed by atoms with van der Waals surface area (Å²) < 4.78 is 27.2. The zero-order chi connectivity index (χ0) is 43.3. The Kier molecular flexibility index (Phi) is 16.3. The van der Waals surface area contributed by atoms with Gasteiger partial charge in [0.1, 0.15) is 11.6 Å². The number of piperazine rings is 2. The smallest absolute Gasteiger partial charge is 0.228 e. The fourth-order valence-corrected chi connectivity index (χ4v) is 8.96. The van der Waals surface area contributed by atoms with E-state index < -0.39 is 0 Å². The van der Waals surface area contributed by atoms with E-state index in [0.717, 1.165) is 95.0 Å². The van der Waals surface area contributed by atoms with Crippen LogP contribution in [0.1, 0.15) is 61.9 Å². The lowest BCUT2D eigenvalue weighted by Crippen LogP contribution is -2.48. The molecule has 11 nitrogen and oxygen atoms in total. The fraction of sp³-hybridized carbons (Fsp3) is 0.490. The molecule has 4 N–H and O–H groups in total. The third kappa shape index (κ3) is 13.8. The molecule has 13 heteroatoms. The minimum absolute atomic E-state index is 0.125. The van der Waals surface area contributed by atoms with Crippen LogP contribution in [0.25, 0.3) is 0 Å². The molecule has 8 rings (SSSR count). The van der Waals surface area contributed by atoms with Crippen molar-refractivity contribution >= 4 is 23.2 Å². The van der Waals surface area contributed by atoms with Crippen LogP contribution in [-0.4, -0.2) is 126 Å². The van der Waals surface area contributed by atoms with Crippen molar-refractivity contribution in [2.45, 2.75) is 89.6 Å². The van der Waals surface area contributed by atoms with Gasteiger partial charge in [0.25, 0.3) is 0 Å². The van der Waals surface area contributed by atoms with E-state index in [4.69, 9.17) is 0 Å². The van der Waals surface area contributed by atoms with Crippen molar-refractivity contribution in [3.05, 3.63) is 125 Å². The van der Waals surface area contributed by atoms with E-state index in [2.05, 4.69) is 80.2 Å². The molecule has 0 bridgehead atoms. The lowest BCUT2D eigenvalue weighted by Gasteiger charge is -2.33. The Hall–Kier alpha value is -4.95.